The van der Waals surface area contributed by atoms with Gasteiger partial charge in [-0.3, -0.25) is 20.2 Å². The Bertz CT molecular complexity index is 406. The van der Waals surface area contributed by atoms with E-state index < -0.39 is 15.5 Å². The fourth-order valence-electron chi connectivity index (χ4n) is 0.958. The summed E-state index contributed by atoms with van der Waals surface area (Å²) in [6.45, 7) is 0. The predicted molar refractivity (Wildman–Crippen MR) is 49.4 cm³/mol. The Kier molecular flexibility index (Phi) is 3.13. The van der Waals surface area contributed by atoms with Crippen molar-refractivity contribution in [1.29, 1.82) is 0 Å². The monoisotopic (exact) mass is 213 g/mol. The van der Waals surface area contributed by atoms with E-state index >= 15 is 0 Å². The van der Waals surface area contributed by atoms with Crippen LogP contribution in [0.4, 0.5) is 11.4 Å². The minimum absolute atomic E-state index is 0.0758. The lowest BCUT2D eigenvalue weighted by Gasteiger charge is -2.02. The minimum Gasteiger partial charge on any atom is -0.402 e. The highest BCUT2D eigenvalue weighted by molar-refractivity contribution is 5.53. The molecule has 0 unspecified atom stereocenters. The number of hydroxylamine groups is 1. The fraction of sp³-hybridized carbons (Fsp3) is 0.143. The summed E-state index contributed by atoms with van der Waals surface area (Å²) >= 11 is 0. The molecule has 0 aliphatic heterocycles. The van der Waals surface area contributed by atoms with Crippen molar-refractivity contribution >= 4 is 11.4 Å². The van der Waals surface area contributed by atoms with Crippen LogP contribution >= 0.6 is 0 Å². The molecular weight excluding hydrogens is 206 g/mol. The summed E-state index contributed by atoms with van der Waals surface area (Å²) in [5, 5.41) is 20.9. The van der Waals surface area contributed by atoms with Crippen LogP contribution in [-0.4, -0.2) is 16.9 Å². The van der Waals surface area contributed by atoms with E-state index in [2.05, 4.69) is 5.48 Å². The van der Waals surface area contributed by atoms with Crippen molar-refractivity contribution in [2.24, 2.45) is 0 Å². The maximum atomic E-state index is 10.5. The smallest absolute Gasteiger partial charge is 0.320 e. The summed E-state index contributed by atoms with van der Waals surface area (Å²) in [7, 11) is 1.42. The molecule has 0 bridgehead atoms. The molecule has 0 aliphatic carbocycles. The molecule has 8 nitrogen and oxygen atoms in total. The highest BCUT2D eigenvalue weighted by Gasteiger charge is 2.20. The largest absolute Gasteiger partial charge is 0.402 e. The lowest BCUT2D eigenvalue weighted by Crippen LogP contribution is -2.12. The van der Waals surface area contributed by atoms with Crippen LogP contribution in [-0.2, 0) is 0 Å². The zero-order chi connectivity index (χ0) is 11.4. The van der Waals surface area contributed by atoms with E-state index in [0.29, 0.717) is 0 Å². The highest BCUT2D eigenvalue weighted by Crippen LogP contribution is 2.30. The maximum absolute atomic E-state index is 10.5. The van der Waals surface area contributed by atoms with Crippen LogP contribution in [0.1, 0.15) is 0 Å². The number of rotatable bonds is 4. The third-order valence-electron chi connectivity index (χ3n) is 1.56. The molecule has 1 aromatic rings. The summed E-state index contributed by atoms with van der Waals surface area (Å²) in [5.41, 5.74) is 1.44. The first kappa shape index (κ1) is 10.9. The molecule has 0 atom stereocenters. The lowest BCUT2D eigenvalue weighted by atomic mass is 10.2. The van der Waals surface area contributed by atoms with E-state index in [0.717, 1.165) is 18.2 Å². The first-order valence-electron chi connectivity index (χ1n) is 3.82. The van der Waals surface area contributed by atoms with Gasteiger partial charge in [-0.25, -0.2) is 0 Å². The van der Waals surface area contributed by atoms with E-state index in [1.54, 1.807) is 0 Å². The van der Waals surface area contributed by atoms with Gasteiger partial charge in [0.15, 0.2) is 0 Å². The summed E-state index contributed by atoms with van der Waals surface area (Å²) < 4.78 is 0. The molecule has 0 radical (unpaired) electrons. The molecule has 0 amide bonds. The van der Waals surface area contributed by atoms with Crippen molar-refractivity contribution in [3.8, 4) is 5.75 Å². The van der Waals surface area contributed by atoms with E-state index in [1.165, 1.54) is 7.05 Å². The molecule has 0 aromatic heterocycles. The fourth-order valence-corrected chi connectivity index (χ4v) is 0.958. The molecule has 1 aromatic carbocycles. The average Bonchev–Trinajstić information content (AvgIpc) is 2.18. The average molecular weight is 213 g/mol. The Labute approximate surface area is 83.7 Å². The van der Waals surface area contributed by atoms with Crippen LogP contribution in [0.15, 0.2) is 18.2 Å². The molecule has 1 N–H and O–H groups in total. The van der Waals surface area contributed by atoms with Gasteiger partial charge < -0.3 is 4.84 Å². The second kappa shape index (κ2) is 4.33. The van der Waals surface area contributed by atoms with Crippen LogP contribution in [0.3, 0.4) is 0 Å². The zero-order valence-corrected chi connectivity index (χ0v) is 7.67. The van der Waals surface area contributed by atoms with E-state index in [4.69, 9.17) is 4.84 Å². The van der Waals surface area contributed by atoms with Gasteiger partial charge in [0.1, 0.15) is 0 Å². The van der Waals surface area contributed by atoms with Crippen LogP contribution in [0.25, 0.3) is 0 Å². The number of nitrogens with zero attached hydrogens (tertiary/aromatic N) is 2. The topological polar surface area (TPSA) is 108 Å². The first-order chi connectivity index (χ1) is 7.06. The third-order valence-corrected chi connectivity index (χ3v) is 1.56. The Morgan fingerprint density at radius 1 is 1.27 bits per heavy atom. The van der Waals surface area contributed by atoms with Gasteiger partial charge in [0.05, 0.1) is 15.9 Å². The van der Waals surface area contributed by atoms with Crippen LogP contribution in [0.2, 0.25) is 0 Å². The minimum atomic E-state index is -0.750. The molecule has 0 aliphatic rings. The maximum Gasteiger partial charge on any atom is 0.320 e. The van der Waals surface area contributed by atoms with Gasteiger partial charge >= 0.3 is 5.69 Å². The normalized spacial score (nSPS) is 9.67. The van der Waals surface area contributed by atoms with Crippen LogP contribution in [0, 0.1) is 20.2 Å². The summed E-state index contributed by atoms with van der Waals surface area (Å²) in [6.07, 6.45) is 0. The van der Waals surface area contributed by atoms with Gasteiger partial charge in [0.25, 0.3) is 5.69 Å². The van der Waals surface area contributed by atoms with Crippen molar-refractivity contribution in [1.82, 2.24) is 5.48 Å². The van der Waals surface area contributed by atoms with Crippen molar-refractivity contribution < 1.29 is 14.7 Å². The van der Waals surface area contributed by atoms with Crippen molar-refractivity contribution in [3.63, 3.8) is 0 Å². The van der Waals surface area contributed by atoms with Gasteiger partial charge in [-0.2, -0.15) is 5.48 Å². The quantitative estimate of drug-likeness (QED) is 0.590. The van der Waals surface area contributed by atoms with Crippen LogP contribution in [0.5, 0.6) is 5.75 Å². The van der Waals surface area contributed by atoms with Gasteiger partial charge in [-0.1, -0.05) is 0 Å². The molecule has 0 fully saturated rings. The number of nitro benzene ring substituents is 2. The van der Waals surface area contributed by atoms with Gasteiger partial charge in [-0.15, -0.1) is 0 Å². The Morgan fingerprint density at radius 3 is 2.40 bits per heavy atom. The van der Waals surface area contributed by atoms with Crippen molar-refractivity contribution in [3.05, 3.63) is 38.4 Å². The van der Waals surface area contributed by atoms with E-state index in [-0.39, 0.29) is 11.4 Å². The Balaban J connectivity index is 3.20. The summed E-state index contributed by atoms with van der Waals surface area (Å²) in [4.78, 5) is 24.2. The molecule has 0 spiro atoms. The molecule has 80 valence electrons. The molecule has 0 saturated heterocycles. The van der Waals surface area contributed by atoms with E-state index in [9.17, 15) is 20.2 Å². The number of benzene rings is 1. The SMILES string of the molecule is CNOc1ccc([N+](=O)[O-])cc1[N+](=O)[O-]. The molecule has 8 heteroatoms. The molecule has 15 heavy (non-hydrogen) atoms. The second-order valence-corrected chi connectivity index (χ2v) is 2.47. The van der Waals surface area contributed by atoms with Gasteiger partial charge in [0.2, 0.25) is 5.75 Å². The number of hydrogen-bond acceptors (Lipinski definition) is 6. The van der Waals surface area contributed by atoms with Gasteiger partial charge in [0, 0.05) is 13.1 Å². The van der Waals surface area contributed by atoms with E-state index in [1.807, 2.05) is 0 Å². The number of hydrogen-bond donors (Lipinski definition) is 1. The summed E-state index contributed by atoms with van der Waals surface area (Å²) in [5.74, 6) is -0.0758. The molecule has 1 rings (SSSR count). The first-order valence-corrected chi connectivity index (χ1v) is 3.82. The molecule has 0 heterocycles. The predicted octanol–water partition coefficient (Wildman–Crippen LogP) is 1.02. The van der Waals surface area contributed by atoms with Crippen molar-refractivity contribution in [2.45, 2.75) is 0 Å². The number of nitro groups is 2. The summed E-state index contributed by atoms with van der Waals surface area (Å²) in [6, 6.07) is 3.12. The molecular formula is C7H7N3O5. The third kappa shape index (κ3) is 2.38. The van der Waals surface area contributed by atoms with Crippen LogP contribution < -0.4 is 10.3 Å². The van der Waals surface area contributed by atoms with Gasteiger partial charge in [-0.05, 0) is 6.07 Å². The highest BCUT2D eigenvalue weighted by atomic mass is 16.7. The van der Waals surface area contributed by atoms with Crippen molar-refractivity contribution in [2.75, 3.05) is 7.05 Å². The Morgan fingerprint density at radius 2 is 1.93 bits per heavy atom. The lowest BCUT2D eigenvalue weighted by molar-refractivity contribution is -0.394. The Hall–Kier alpha value is -2.22. The molecule has 0 saturated carbocycles. The zero-order valence-electron chi connectivity index (χ0n) is 7.67. The second-order valence-electron chi connectivity index (χ2n) is 2.47. The number of non-ortho nitro benzene ring substituents is 1. The number of nitrogens with one attached hydrogen (secondary N) is 1. The standard InChI is InChI=1S/C7H7N3O5/c1-8-15-7-3-2-5(9(11)12)4-6(7)10(13)14/h2-4,8H,1H3.